The van der Waals surface area contributed by atoms with Gasteiger partial charge in [-0.2, -0.15) is 0 Å². The summed E-state index contributed by atoms with van der Waals surface area (Å²) in [5, 5.41) is 0. The molecule has 2 aromatic rings. The number of carbonyl (C=O) groups is 2. The second-order valence-corrected chi connectivity index (χ2v) is 7.56. The first kappa shape index (κ1) is 19.9. The van der Waals surface area contributed by atoms with Crippen LogP contribution in [0.1, 0.15) is 29.8 Å². The van der Waals surface area contributed by atoms with Crippen LogP contribution in [0.25, 0.3) is 0 Å². The van der Waals surface area contributed by atoms with E-state index in [-0.39, 0.29) is 17.7 Å². The summed E-state index contributed by atoms with van der Waals surface area (Å²) in [6.45, 7) is 5.60. The molecular formula is C23H28N2O3. The van der Waals surface area contributed by atoms with Gasteiger partial charge in [-0.15, -0.1) is 0 Å². The summed E-state index contributed by atoms with van der Waals surface area (Å²) < 4.78 is 5.85. The Bertz CT molecular complexity index is 820. The Labute approximate surface area is 166 Å². The third-order valence-corrected chi connectivity index (χ3v) is 5.12. The standard InChI is InChI=1S/C23H28N2O3/c1-17(2)21-23(27)24(3)13-14-25(21)22(26)19-10-7-11-20(16-19)28-15-12-18-8-5-4-6-9-18/h4-11,16-17,21H,12-15H2,1-3H3. The summed E-state index contributed by atoms with van der Waals surface area (Å²) in [4.78, 5) is 29.1. The zero-order valence-corrected chi connectivity index (χ0v) is 16.8. The summed E-state index contributed by atoms with van der Waals surface area (Å²) >= 11 is 0. The van der Waals surface area contributed by atoms with Gasteiger partial charge in [0.05, 0.1) is 6.61 Å². The number of carbonyl (C=O) groups excluding carboxylic acids is 2. The molecule has 3 rings (SSSR count). The van der Waals surface area contributed by atoms with Gasteiger partial charge >= 0.3 is 0 Å². The molecule has 5 heteroatoms. The lowest BCUT2D eigenvalue weighted by Crippen LogP contribution is -2.59. The maximum atomic E-state index is 13.1. The van der Waals surface area contributed by atoms with Crippen molar-refractivity contribution in [3.8, 4) is 5.75 Å². The lowest BCUT2D eigenvalue weighted by atomic mass is 9.97. The van der Waals surface area contributed by atoms with Crippen LogP contribution in [0.4, 0.5) is 0 Å². The van der Waals surface area contributed by atoms with Crippen LogP contribution in [0.15, 0.2) is 54.6 Å². The van der Waals surface area contributed by atoms with Crippen molar-refractivity contribution < 1.29 is 14.3 Å². The van der Waals surface area contributed by atoms with Crippen LogP contribution in [0.2, 0.25) is 0 Å². The van der Waals surface area contributed by atoms with Gasteiger partial charge in [-0.3, -0.25) is 9.59 Å². The Kier molecular flexibility index (Phi) is 6.34. The SMILES string of the molecule is CC(C)C1C(=O)N(C)CCN1C(=O)c1cccc(OCCc2ccccc2)c1. The Morgan fingerprint density at radius 3 is 2.57 bits per heavy atom. The number of amides is 2. The summed E-state index contributed by atoms with van der Waals surface area (Å²) in [7, 11) is 1.79. The first-order valence-corrected chi connectivity index (χ1v) is 9.80. The molecule has 1 atom stereocenters. The highest BCUT2D eigenvalue weighted by Gasteiger charge is 2.38. The number of likely N-dealkylation sites (N-methyl/N-ethyl adjacent to an activating group) is 1. The monoisotopic (exact) mass is 380 g/mol. The van der Waals surface area contributed by atoms with Crippen molar-refractivity contribution in [3.05, 3.63) is 65.7 Å². The summed E-state index contributed by atoms with van der Waals surface area (Å²) in [5.74, 6) is 0.617. The first-order valence-electron chi connectivity index (χ1n) is 9.80. The minimum Gasteiger partial charge on any atom is -0.493 e. The maximum absolute atomic E-state index is 13.1. The largest absolute Gasteiger partial charge is 0.493 e. The van der Waals surface area contributed by atoms with Crippen LogP contribution in [0.3, 0.4) is 0 Å². The minimum atomic E-state index is -0.422. The smallest absolute Gasteiger partial charge is 0.254 e. The molecule has 1 unspecified atom stereocenters. The van der Waals surface area contributed by atoms with Crippen molar-refractivity contribution in [1.82, 2.24) is 9.80 Å². The van der Waals surface area contributed by atoms with E-state index in [1.54, 1.807) is 29.0 Å². The molecule has 0 bridgehead atoms. The van der Waals surface area contributed by atoms with E-state index in [0.717, 1.165) is 6.42 Å². The Balaban J connectivity index is 1.68. The van der Waals surface area contributed by atoms with Crippen LogP contribution < -0.4 is 4.74 Å². The van der Waals surface area contributed by atoms with Crippen molar-refractivity contribution in [3.63, 3.8) is 0 Å². The molecule has 1 heterocycles. The van der Waals surface area contributed by atoms with Crippen molar-refractivity contribution in [2.75, 3.05) is 26.7 Å². The molecule has 0 N–H and O–H groups in total. The number of hydrogen-bond acceptors (Lipinski definition) is 3. The number of piperazine rings is 1. The van der Waals surface area contributed by atoms with Gasteiger partial charge in [0, 0.05) is 32.1 Å². The van der Waals surface area contributed by atoms with Gasteiger partial charge in [0.15, 0.2) is 0 Å². The normalized spacial score (nSPS) is 17.1. The molecule has 0 spiro atoms. The molecule has 0 saturated carbocycles. The molecule has 0 radical (unpaired) electrons. The molecule has 0 aliphatic carbocycles. The molecule has 5 nitrogen and oxygen atoms in total. The van der Waals surface area contributed by atoms with Crippen molar-refractivity contribution in [1.29, 1.82) is 0 Å². The van der Waals surface area contributed by atoms with E-state index < -0.39 is 6.04 Å². The minimum absolute atomic E-state index is 0.00451. The van der Waals surface area contributed by atoms with Gasteiger partial charge in [-0.05, 0) is 29.7 Å². The van der Waals surface area contributed by atoms with Crippen LogP contribution in [-0.2, 0) is 11.2 Å². The average molecular weight is 380 g/mol. The van der Waals surface area contributed by atoms with Crippen LogP contribution in [0, 0.1) is 5.92 Å². The highest BCUT2D eigenvalue weighted by Crippen LogP contribution is 2.22. The van der Waals surface area contributed by atoms with E-state index in [9.17, 15) is 9.59 Å². The molecule has 148 valence electrons. The molecule has 0 aromatic heterocycles. The quantitative estimate of drug-likeness (QED) is 0.773. The van der Waals surface area contributed by atoms with E-state index in [1.807, 2.05) is 44.2 Å². The van der Waals surface area contributed by atoms with Gasteiger partial charge in [-0.25, -0.2) is 0 Å². The van der Waals surface area contributed by atoms with Gasteiger partial charge in [0.2, 0.25) is 5.91 Å². The number of benzene rings is 2. The predicted molar refractivity (Wildman–Crippen MR) is 109 cm³/mol. The lowest BCUT2D eigenvalue weighted by Gasteiger charge is -2.41. The molecule has 28 heavy (non-hydrogen) atoms. The average Bonchev–Trinajstić information content (AvgIpc) is 2.70. The maximum Gasteiger partial charge on any atom is 0.254 e. The predicted octanol–water partition coefficient (Wildman–Crippen LogP) is 3.25. The molecule has 1 fully saturated rings. The van der Waals surface area contributed by atoms with E-state index in [2.05, 4.69) is 12.1 Å². The summed E-state index contributed by atoms with van der Waals surface area (Å²) in [5.41, 5.74) is 1.77. The fourth-order valence-corrected chi connectivity index (χ4v) is 3.56. The van der Waals surface area contributed by atoms with Crippen LogP contribution in [-0.4, -0.2) is 54.4 Å². The molecule has 1 aliphatic heterocycles. The van der Waals surface area contributed by atoms with Gasteiger partial charge in [-0.1, -0.05) is 50.2 Å². The van der Waals surface area contributed by atoms with E-state index in [4.69, 9.17) is 4.74 Å². The van der Waals surface area contributed by atoms with E-state index >= 15 is 0 Å². The molecule has 1 saturated heterocycles. The Hall–Kier alpha value is -2.82. The topological polar surface area (TPSA) is 49.9 Å². The van der Waals surface area contributed by atoms with Gasteiger partial charge < -0.3 is 14.5 Å². The number of hydrogen-bond donors (Lipinski definition) is 0. The Morgan fingerprint density at radius 1 is 1.11 bits per heavy atom. The van der Waals surface area contributed by atoms with Crippen LogP contribution >= 0.6 is 0 Å². The third-order valence-electron chi connectivity index (χ3n) is 5.12. The van der Waals surface area contributed by atoms with E-state index in [0.29, 0.717) is 31.0 Å². The fourth-order valence-electron chi connectivity index (χ4n) is 3.56. The molecule has 2 aromatic carbocycles. The molecule has 2 amide bonds. The van der Waals surface area contributed by atoms with Crippen molar-refractivity contribution in [2.24, 2.45) is 5.92 Å². The highest BCUT2D eigenvalue weighted by molar-refractivity contribution is 5.98. The van der Waals surface area contributed by atoms with E-state index in [1.165, 1.54) is 5.56 Å². The van der Waals surface area contributed by atoms with Crippen LogP contribution in [0.5, 0.6) is 5.75 Å². The Morgan fingerprint density at radius 2 is 1.86 bits per heavy atom. The third kappa shape index (κ3) is 4.53. The number of nitrogens with zero attached hydrogens (tertiary/aromatic N) is 2. The first-order chi connectivity index (χ1) is 13.5. The van der Waals surface area contributed by atoms with Gasteiger partial charge in [0.25, 0.3) is 5.91 Å². The van der Waals surface area contributed by atoms with Crippen molar-refractivity contribution in [2.45, 2.75) is 26.3 Å². The zero-order chi connectivity index (χ0) is 20.1. The summed E-state index contributed by atoms with van der Waals surface area (Å²) in [6, 6.07) is 17.0. The molecule has 1 aliphatic rings. The fraction of sp³-hybridized carbons (Fsp3) is 0.391. The number of rotatable bonds is 6. The highest BCUT2D eigenvalue weighted by atomic mass is 16.5. The zero-order valence-electron chi connectivity index (χ0n) is 16.8. The lowest BCUT2D eigenvalue weighted by molar-refractivity contribution is -0.140. The van der Waals surface area contributed by atoms with Crippen molar-refractivity contribution >= 4 is 11.8 Å². The van der Waals surface area contributed by atoms with Gasteiger partial charge in [0.1, 0.15) is 11.8 Å². The second kappa shape index (κ2) is 8.91. The second-order valence-electron chi connectivity index (χ2n) is 7.56. The number of ether oxygens (including phenoxy) is 1. The molecular weight excluding hydrogens is 352 g/mol. The summed E-state index contributed by atoms with van der Waals surface area (Å²) in [6.07, 6.45) is 0.807.